The Labute approximate surface area is 185 Å². The lowest BCUT2D eigenvalue weighted by Crippen LogP contribution is -2.31. The number of rotatable bonds is 4. The van der Waals surface area contributed by atoms with E-state index in [0.29, 0.717) is 5.82 Å². The van der Waals surface area contributed by atoms with Gasteiger partial charge in [-0.25, -0.2) is 15.4 Å². The summed E-state index contributed by atoms with van der Waals surface area (Å²) in [7, 11) is 0. The first kappa shape index (κ1) is 18.5. The van der Waals surface area contributed by atoms with E-state index in [-0.39, 0.29) is 6.17 Å². The van der Waals surface area contributed by atoms with E-state index >= 15 is 0 Å². The number of hydrogen-bond acceptors (Lipinski definition) is 5. The van der Waals surface area contributed by atoms with Gasteiger partial charge in [0.25, 0.3) is 0 Å². The van der Waals surface area contributed by atoms with E-state index in [0.717, 1.165) is 44.7 Å². The average molecular weight is 416 g/mol. The molecule has 0 fully saturated rings. The Hall–Kier alpha value is -4.29. The molecule has 154 valence electrons. The van der Waals surface area contributed by atoms with Crippen molar-refractivity contribution < 1.29 is 0 Å². The Morgan fingerprint density at radius 3 is 2.12 bits per heavy atom. The third kappa shape index (κ3) is 3.42. The Kier molecular flexibility index (Phi) is 4.48. The molecule has 5 aromatic rings. The van der Waals surface area contributed by atoms with Gasteiger partial charge < -0.3 is 5.43 Å². The van der Waals surface area contributed by atoms with Gasteiger partial charge in [-0.2, -0.15) is 5.10 Å². The van der Waals surface area contributed by atoms with Gasteiger partial charge in [-0.3, -0.25) is 5.10 Å². The second-order valence-corrected chi connectivity index (χ2v) is 7.71. The Bertz CT molecular complexity index is 1420. The minimum Gasteiger partial charge on any atom is -0.303 e. The highest BCUT2D eigenvalue weighted by molar-refractivity contribution is 6.03. The normalized spacial score (nSPS) is 15.5. The van der Waals surface area contributed by atoms with E-state index < -0.39 is 0 Å². The minimum absolute atomic E-state index is 0.0891. The molecule has 1 aliphatic heterocycles. The van der Waals surface area contributed by atoms with E-state index in [1.165, 1.54) is 0 Å². The Morgan fingerprint density at radius 2 is 1.34 bits per heavy atom. The Balaban J connectivity index is 1.28. The molecule has 2 heterocycles. The first-order valence-electron chi connectivity index (χ1n) is 10.5. The van der Waals surface area contributed by atoms with Crippen molar-refractivity contribution in [1.82, 2.24) is 26.0 Å². The van der Waals surface area contributed by atoms with Crippen LogP contribution in [0.3, 0.4) is 0 Å². The fraction of sp³-hybridized carbons (Fsp3) is 0.0385. The second-order valence-electron chi connectivity index (χ2n) is 7.71. The summed E-state index contributed by atoms with van der Waals surface area (Å²) in [5.41, 5.74) is 10.6. The van der Waals surface area contributed by atoms with Crippen LogP contribution < -0.4 is 10.9 Å². The second kappa shape index (κ2) is 7.76. The zero-order chi connectivity index (χ0) is 21.3. The molecule has 6 nitrogen and oxygen atoms in total. The molecular weight excluding hydrogens is 396 g/mol. The number of nitrogens with one attached hydrogen (secondary N) is 3. The first-order chi connectivity index (χ1) is 15.8. The van der Waals surface area contributed by atoms with Crippen molar-refractivity contribution in [2.24, 2.45) is 4.99 Å². The van der Waals surface area contributed by atoms with E-state index in [1.54, 1.807) is 0 Å². The predicted molar refractivity (Wildman–Crippen MR) is 127 cm³/mol. The summed E-state index contributed by atoms with van der Waals surface area (Å²) in [5.74, 6) is 2.29. The van der Waals surface area contributed by atoms with Gasteiger partial charge in [-0.15, -0.1) is 0 Å². The molecule has 32 heavy (non-hydrogen) atoms. The molecule has 0 saturated heterocycles. The quantitative estimate of drug-likeness (QED) is 0.392. The molecule has 1 unspecified atom stereocenters. The highest BCUT2D eigenvalue weighted by atomic mass is 15.5. The predicted octanol–water partition coefficient (Wildman–Crippen LogP) is 4.85. The van der Waals surface area contributed by atoms with Crippen LogP contribution >= 0.6 is 0 Å². The van der Waals surface area contributed by atoms with Crippen molar-refractivity contribution in [2.75, 3.05) is 0 Å². The molecule has 6 heteroatoms. The average Bonchev–Trinajstić information content (AvgIpc) is 3.55. The van der Waals surface area contributed by atoms with Gasteiger partial charge in [-0.05, 0) is 28.5 Å². The lowest BCUT2D eigenvalue weighted by atomic mass is 10.0. The summed E-state index contributed by atoms with van der Waals surface area (Å²) in [6.07, 6.45) is -0.0891. The molecule has 0 radical (unpaired) electrons. The molecule has 0 spiro atoms. The lowest BCUT2D eigenvalue weighted by molar-refractivity contribution is 0.575. The van der Waals surface area contributed by atoms with Crippen molar-refractivity contribution in [1.29, 1.82) is 0 Å². The van der Waals surface area contributed by atoms with Gasteiger partial charge in [0.1, 0.15) is 12.0 Å². The standard InChI is InChI=1S/C26H20N6/c1-3-7-17(8-4-1)23-27-25(31-29-23)21-13-11-20-16-22(14-12-19(20)15-21)26-28-24(30-32-26)18-9-5-2-6-10-18/h1-16,23,29H,(H,27,31)(H,28,30,32). The van der Waals surface area contributed by atoms with Crippen molar-refractivity contribution >= 4 is 16.6 Å². The lowest BCUT2D eigenvalue weighted by Gasteiger charge is -2.06. The van der Waals surface area contributed by atoms with Crippen molar-refractivity contribution in [2.45, 2.75) is 6.17 Å². The largest absolute Gasteiger partial charge is 0.303 e. The first-order valence-corrected chi connectivity index (χ1v) is 10.5. The molecule has 4 aromatic carbocycles. The van der Waals surface area contributed by atoms with E-state index in [2.05, 4.69) is 74.6 Å². The maximum absolute atomic E-state index is 4.80. The number of aromatic nitrogens is 3. The maximum atomic E-state index is 4.80. The van der Waals surface area contributed by atoms with Gasteiger partial charge in [-0.1, -0.05) is 84.9 Å². The summed E-state index contributed by atoms with van der Waals surface area (Å²) in [6.45, 7) is 0. The molecule has 1 aromatic heterocycles. The molecule has 1 aliphatic rings. The molecule has 0 amide bonds. The summed E-state index contributed by atoms with van der Waals surface area (Å²) >= 11 is 0. The number of H-pyrrole nitrogens is 1. The zero-order valence-electron chi connectivity index (χ0n) is 17.2. The molecule has 0 bridgehead atoms. The summed E-state index contributed by atoms with van der Waals surface area (Å²) < 4.78 is 0. The number of aromatic amines is 1. The third-order valence-electron chi connectivity index (χ3n) is 5.61. The smallest absolute Gasteiger partial charge is 0.181 e. The molecule has 0 aliphatic carbocycles. The topological polar surface area (TPSA) is 78.0 Å². The number of benzene rings is 4. The van der Waals surface area contributed by atoms with Crippen LogP contribution in [0, 0.1) is 0 Å². The molecular formula is C26H20N6. The fourth-order valence-electron chi connectivity index (χ4n) is 3.92. The SMILES string of the molecule is c1ccc(-c2nc(-c3ccc4cc(C5=NC(c6ccccc6)NN5)ccc4c3)n[nH]2)cc1. The van der Waals surface area contributed by atoms with Crippen LogP contribution in [0.15, 0.2) is 102 Å². The molecule has 0 saturated carbocycles. The molecule has 3 N–H and O–H groups in total. The summed E-state index contributed by atoms with van der Waals surface area (Å²) in [4.78, 5) is 9.47. The number of fused-ring (bicyclic) bond motifs is 1. The van der Waals surface area contributed by atoms with E-state index in [4.69, 9.17) is 4.99 Å². The van der Waals surface area contributed by atoms with Gasteiger partial charge in [0.15, 0.2) is 11.6 Å². The number of hydrazine groups is 1. The van der Waals surface area contributed by atoms with Crippen LogP contribution in [0.25, 0.3) is 33.5 Å². The zero-order valence-corrected chi connectivity index (χ0v) is 17.2. The van der Waals surface area contributed by atoms with Crippen LogP contribution in [-0.4, -0.2) is 21.0 Å². The number of aliphatic imine (C=N–C) groups is 1. The van der Waals surface area contributed by atoms with Gasteiger partial charge >= 0.3 is 0 Å². The monoisotopic (exact) mass is 416 g/mol. The van der Waals surface area contributed by atoms with Crippen molar-refractivity contribution in [3.05, 3.63) is 108 Å². The van der Waals surface area contributed by atoms with E-state index in [1.807, 2.05) is 48.5 Å². The van der Waals surface area contributed by atoms with Gasteiger partial charge in [0.2, 0.25) is 0 Å². The van der Waals surface area contributed by atoms with Crippen LogP contribution in [0.4, 0.5) is 0 Å². The van der Waals surface area contributed by atoms with Crippen LogP contribution in [-0.2, 0) is 0 Å². The highest BCUT2D eigenvalue weighted by Crippen LogP contribution is 2.26. The number of nitrogens with zero attached hydrogens (tertiary/aromatic N) is 3. The molecule has 1 atom stereocenters. The summed E-state index contributed by atoms with van der Waals surface area (Å²) in [5, 5.41) is 9.72. The van der Waals surface area contributed by atoms with Crippen LogP contribution in [0.2, 0.25) is 0 Å². The van der Waals surface area contributed by atoms with Crippen LogP contribution in [0.5, 0.6) is 0 Å². The highest BCUT2D eigenvalue weighted by Gasteiger charge is 2.19. The third-order valence-corrected chi connectivity index (χ3v) is 5.61. The molecule has 6 rings (SSSR count). The Morgan fingerprint density at radius 1 is 0.656 bits per heavy atom. The summed E-state index contributed by atoms with van der Waals surface area (Å²) in [6, 6.07) is 32.8. The number of amidine groups is 1. The van der Waals surface area contributed by atoms with Crippen molar-refractivity contribution in [3.63, 3.8) is 0 Å². The van der Waals surface area contributed by atoms with Gasteiger partial charge in [0.05, 0.1) is 0 Å². The van der Waals surface area contributed by atoms with E-state index in [9.17, 15) is 0 Å². The minimum atomic E-state index is -0.0891. The maximum Gasteiger partial charge on any atom is 0.181 e. The van der Waals surface area contributed by atoms with Gasteiger partial charge in [0, 0.05) is 16.7 Å². The van der Waals surface area contributed by atoms with Crippen LogP contribution in [0.1, 0.15) is 17.3 Å². The van der Waals surface area contributed by atoms with Crippen molar-refractivity contribution in [3.8, 4) is 22.8 Å². The number of hydrogen-bond donors (Lipinski definition) is 3. The fourth-order valence-corrected chi connectivity index (χ4v) is 3.92.